The van der Waals surface area contributed by atoms with Crippen LogP contribution >= 0.6 is 0 Å². The molecule has 0 saturated carbocycles. The molecule has 0 aromatic heterocycles. The lowest BCUT2D eigenvalue weighted by atomic mass is 10.1. The summed E-state index contributed by atoms with van der Waals surface area (Å²) in [5.41, 5.74) is 1.56. The van der Waals surface area contributed by atoms with Gasteiger partial charge in [-0.15, -0.1) is 0 Å². The molecule has 3 rings (SSSR count). The van der Waals surface area contributed by atoms with E-state index in [2.05, 4.69) is 15.6 Å². The van der Waals surface area contributed by atoms with Crippen LogP contribution in [0.5, 0.6) is 0 Å². The lowest BCUT2D eigenvalue weighted by Gasteiger charge is -2.27. The van der Waals surface area contributed by atoms with Gasteiger partial charge in [0.1, 0.15) is 5.84 Å². The molecular weight excluding hydrogens is 268 g/mol. The predicted molar refractivity (Wildman–Crippen MR) is 82.0 cm³/mol. The van der Waals surface area contributed by atoms with E-state index in [1.54, 1.807) is 0 Å². The van der Waals surface area contributed by atoms with E-state index in [0.29, 0.717) is 38.4 Å². The van der Waals surface area contributed by atoms with E-state index in [0.717, 1.165) is 24.6 Å². The van der Waals surface area contributed by atoms with Crippen LogP contribution in [0.3, 0.4) is 0 Å². The zero-order chi connectivity index (χ0) is 14.5. The Morgan fingerprint density at radius 3 is 2.90 bits per heavy atom. The minimum atomic E-state index is 0.0581. The van der Waals surface area contributed by atoms with Crippen molar-refractivity contribution in [3.05, 3.63) is 29.8 Å². The summed E-state index contributed by atoms with van der Waals surface area (Å²) in [6, 6.07) is 7.62. The zero-order valence-corrected chi connectivity index (χ0v) is 12.0. The van der Waals surface area contributed by atoms with Crippen molar-refractivity contribution in [1.82, 2.24) is 10.2 Å². The third kappa shape index (κ3) is 3.33. The summed E-state index contributed by atoms with van der Waals surface area (Å²) in [4.78, 5) is 18.8. The van der Waals surface area contributed by atoms with Crippen molar-refractivity contribution in [3.63, 3.8) is 0 Å². The summed E-state index contributed by atoms with van der Waals surface area (Å²) in [5, 5.41) is 6.52. The number of carbonyl (C=O) groups is 1. The van der Waals surface area contributed by atoms with Gasteiger partial charge in [-0.1, -0.05) is 12.1 Å². The van der Waals surface area contributed by atoms with Crippen LogP contribution in [0.15, 0.2) is 29.3 Å². The number of anilines is 1. The van der Waals surface area contributed by atoms with Gasteiger partial charge in [-0.2, -0.15) is 0 Å². The summed E-state index contributed by atoms with van der Waals surface area (Å²) in [6.07, 6.45) is 0. The second-order valence-corrected chi connectivity index (χ2v) is 5.06. The Kier molecular flexibility index (Phi) is 4.35. The molecule has 1 amide bonds. The predicted octanol–water partition coefficient (Wildman–Crippen LogP) is 0.573. The summed E-state index contributed by atoms with van der Waals surface area (Å²) in [5.74, 6) is 1.01. The Balaban J connectivity index is 1.70. The third-order valence-corrected chi connectivity index (χ3v) is 3.65. The van der Waals surface area contributed by atoms with Crippen LogP contribution < -0.4 is 10.6 Å². The van der Waals surface area contributed by atoms with Gasteiger partial charge in [-0.05, 0) is 12.1 Å². The summed E-state index contributed by atoms with van der Waals surface area (Å²) >= 11 is 0. The average molecular weight is 288 g/mol. The largest absolute Gasteiger partial charge is 0.378 e. The lowest BCUT2D eigenvalue weighted by molar-refractivity contribution is 0.0303. The van der Waals surface area contributed by atoms with Crippen molar-refractivity contribution in [2.45, 2.75) is 0 Å². The third-order valence-electron chi connectivity index (χ3n) is 3.65. The fourth-order valence-electron chi connectivity index (χ4n) is 2.50. The van der Waals surface area contributed by atoms with Crippen LogP contribution in [0.25, 0.3) is 0 Å². The molecule has 2 aliphatic rings. The van der Waals surface area contributed by atoms with Gasteiger partial charge < -0.3 is 20.3 Å². The lowest BCUT2D eigenvalue weighted by Crippen LogP contribution is -2.41. The van der Waals surface area contributed by atoms with Gasteiger partial charge in [0, 0.05) is 25.3 Å². The van der Waals surface area contributed by atoms with Crippen LogP contribution in [0.1, 0.15) is 10.4 Å². The Bertz CT molecular complexity index is 538. The van der Waals surface area contributed by atoms with Gasteiger partial charge >= 0.3 is 0 Å². The van der Waals surface area contributed by atoms with E-state index in [9.17, 15) is 4.79 Å². The van der Waals surface area contributed by atoms with Gasteiger partial charge in [0.2, 0.25) is 0 Å². The van der Waals surface area contributed by atoms with Gasteiger partial charge in [-0.3, -0.25) is 9.79 Å². The van der Waals surface area contributed by atoms with Crippen LogP contribution in [0.2, 0.25) is 0 Å². The molecule has 0 atom stereocenters. The molecule has 2 heterocycles. The highest BCUT2D eigenvalue weighted by Crippen LogP contribution is 2.18. The highest BCUT2D eigenvalue weighted by atomic mass is 16.5. The molecule has 21 heavy (non-hydrogen) atoms. The van der Waals surface area contributed by atoms with Crippen molar-refractivity contribution in [2.24, 2.45) is 4.99 Å². The van der Waals surface area contributed by atoms with Crippen LogP contribution in [-0.2, 0) is 4.74 Å². The summed E-state index contributed by atoms with van der Waals surface area (Å²) in [7, 11) is 0. The first kappa shape index (κ1) is 13.9. The number of amides is 1. The molecule has 1 aromatic rings. The molecule has 6 heteroatoms. The van der Waals surface area contributed by atoms with Gasteiger partial charge in [0.05, 0.1) is 31.9 Å². The van der Waals surface area contributed by atoms with E-state index in [1.807, 2.05) is 29.2 Å². The normalized spacial score (nSPS) is 18.1. The highest BCUT2D eigenvalue weighted by molar-refractivity contribution is 6.00. The van der Waals surface area contributed by atoms with E-state index in [4.69, 9.17) is 4.74 Å². The summed E-state index contributed by atoms with van der Waals surface area (Å²) < 4.78 is 5.30. The number of ether oxygens (including phenoxy) is 1. The monoisotopic (exact) mass is 288 g/mol. The number of nitrogens with zero attached hydrogens (tertiary/aromatic N) is 2. The van der Waals surface area contributed by atoms with Crippen molar-refractivity contribution >= 4 is 17.4 Å². The zero-order valence-electron chi connectivity index (χ0n) is 12.0. The number of rotatable bonds is 4. The topological polar surface area (TPSA) is 66.0 Å². The molecule has 1 saturated heterocycles. The molecule has 6 nitrogen and oxygen atoms in total. The van der Waals surface area contributed by atoms with E-state index < -0.39 is 0 Å². The summed E-state index contributed by atoms with van der Waals surface area (Å²) in [6.45, 7) is 4.87. The minimum absolute atomic E-state index is 0.0581. The standard InChI is InChI=1S/C15H20N4O2/c20-15(19-7-9-21-10-8-19)12-3-1-2-4-13(12)18-11-14-16-5-6-17-14/h1-4,18H,5-11H2,(H,16,17). The Labute approximate surface area is 124 Å². The number of hydrogen-bond acceptors (Lipinski definition) is 5. The van der Waals surface area contributed by atoms with Crippen LogP contribution in [0, 0.1) is 0 Å². The van der Waals surface area contributed by atoms with Crippen molar-refractivity contribution in [2.75, 3.05) is 51.3 Å². The quantitative estimate of drug-likeness (QED) is 0.850. The molecular formula is C15H20N4O2. The number of aliphatic imine (C=N–C) groups is 1. The molecule has 1 aromatic carbocycles. The van der Waals surface area contributed by atoms with Crippen LogP contribution in [-0.4, -0.2) is 62.6 Å². The van der Waals surface area contributed by atoms with Gasteiger partial charge in [0.15, 0.2) is 0 Å². The number of morpholine rings is 1. The first-order chi connectivity index (χ1) is 10.3. The molecule has 2 N–H and O–H groups in total. The Morgan fingerprint density at radius 1 is 1.33 bits per heavy atom. The second kappa shape index (κ2) is 6.58. The van der Waals surface area contributed by atoms with E-state index in [-0.39, 0.29) is 5.91 Å². The fraction of sp³-hybridized carbons (Fsp3) is 0.467. The Morgan fingerprint density at radius 2 is 2.14 bits per heavy atom. The minimum Gasteiger partial charge on any atom is -0.378 e. The van der Waals surface area contributed by atoms with Crippen LogP contribution in [0.4, 0.5) is 5.69 Å². The SMILES string of the molecule is O=C(c1ccccc1NCC1=NCCN1)N1CCOCC1. The fourth-order valence-corrected chi connectivity index (χ4v) is 2.50. The number of nitrogens with one attached hydrogen (secondary N) is 2. The number of hydrogen-bond donors (Lipinski definition) is 2. The molecule has 2 aliphatic heterocycles. The second-order valence-electron chi connectivity index (χ2n) is 5.06. The Hall–Kier alpha value is -2.08. The van der Waals surface area contributed by atoms with Gasteiger partial charge in [0.25, 0.3) is 5.91 Å². The molecule has 112 valence electrons. The first-order valence-corrected chi connectivity index (χ1v) is 7.32. The first-order valence-electron chi connectivity index (χ1n) is 7.32. The van der Waals surface area contributed by atoms with Crippen molar-refractivity contribution in [1.29, 1.82) is 0 Å². The van der Waals surface area contributed by atoms with Gasteiger partial charge in [-0.25, -0.2) is 0 Å². The number of para-hydroxylation sites is 1. The molecule has 0 radical (unpaired) electrons. The van der Waals surface area contributed by atoms with Crippen molar-refractivity contribution < 1.29 is 9.53 Å². The maximum absolute atomic E-state index is 12.6. The van der Waals surface area contributed by atoms with Crippen molar-refractivity contribution in [3.8, 4) is 0 Å². The number of carbonyl (C=O) groups excluding carboxylic acids is 1. The highest BCUT2D eigenvalue weighted by Gasteiger charge is 2.20. The maximum Gasteiger partial charge on any atom is 0.256 e. The van der Waals surface area contributed by atoms with E-state index in [1.165, 1.54) is 0 Å². The molecule has 0 spiro atoms. The number of benzene rings is 1. The number of amidine groups is 1. The molecule has 0 bridgehead atoms. The maximum atomic E-state index is 12.6. The smallest absolute Gasteiger partial charge is 0.256 e. The van der Waals surface area contributed by atoms with E-state index >= 15 is 0 Å². The molecule has 1 fully saturated rings. The molecule has 0 aliphatic carbocycles. The molecule has 0 unspecified atom stereocenters. The average Bonchev–Trinajstić information content (AvgIpc) is 3.07.